The Labute approximate surface area is 122 Å². The van der Waals surface area contributed by atoms with Crippen LogP contribution in [-0.2, 0) is 19.4 Å². The third-order valence-corrected chi connectivity index (χ3v) is 5.56. The van der Waals surface area contributed by atoms with Crippen molar-refractivity contribution in [2.75, 3.05) is 20.0 Å². The van der Waals surface area contributed by atoms with Crippen molar-refractivity contribution in [2.45, 2.75) is 11.2 Å². The fourth-order valence-electron chi connectivity index (χ4n) is 2.93. The second kappa shape index (κ2) is 5.02. The van der Waals surface area contributed by atoms with Gasteiger partial charge in [0, 0.05) is 24.3 Å². The first-order valence-corrected chi connectivity index (χ1v) is 8.25. The normalized spacial score (nSPS) is 29.1. The fourth-order valence-corrected chi connectivity index (χ4v) is 5.03. The number of hydrogen-bond acceptors (Lipinski definition) is 4. The Bertz CT molecular complexity index is 642. The summed E-state index contributed by atoms with van der Waals surface area (Å²) < 4.78 is 28.8. The van der Waals surface area contributed by atoms with Gasteiger partial charge in [-0.1, -0.05) is 23.7 Å². The maximum Gasteiger partial charge on any atom is 0.314 e. The second-order valence-corrected chi connectivity index (χ2v) is 7.66. The number of benzene rings is 1. The number of sulfone groups is 1. The molecule has 0 aromatic heterocycles. The zero-order chi connectivity index (χ0) is 15.1. The van der Waals surface area contributed by atoms with Crippen molar-refractivity contribution in [3.05, 3.63) is 34.9 Å². The fraction of sp³-hybridized carbons (Fsp3) is 0.462. The molecule has 1 aliphatic rings. The Hall–Kier alpha value is -1.11. The molecule has 0 spiro atoms. The number of hydrogen-bond donors (Lipinski definition) is 1. The first-order chi connectivity index (χ1) is 9.25. The van der Waals surface area contributed by atoms with Crippen molar-refractivity contribution in [1.82, 2.24) is 0 Å². The summed E-state index contributed by atoms with van der Waals surface area (Å²) in [7, 11) is -2.16. The van der Waals surface area contributed by atoms with Gasteiger partial charge < -0.3 is 9.84 Å². The second-order valence-electron chi connectivity index (χ2n) is 5.06. The topological polar surface area (TPSA) is 80.7 Å². The molecule has 1 saturated carbocycles. The third kappa shape index (κ3) is 2.32. The van der Waals surface area contributed by atoms with Crippen molar-refractivity contribution in [3.8, 4) is 0 Å². The van der Waals surface area contributed by atoms with Gasteiger partial charge in [-0.15, -0.1) is 0 Å². The summed E-state index contributed by atoms with van der Waals surface area (Å²) in [4.78, 5) is 11.6. The highest BCUT2D eigenvalue weighted by Gasteiger charge is 2.75. The highest BCUT2D eigenvalue weighted by molar-refractivity contribution is 7.91. The molecule has 1 N–H and O–H groups in total. The van der Waals surface area contributed by atoms with Crippen LogP contribution in [-0.4, -0.2) is 44.7 Å². The van der Waals surface area contributed by atoms with E-state index in [9.17, 15) is 18.3 Å². The van der Waals surface area contributed by atoms with Crippen molar-refractivity contribution in [2.24, 2.45) is 5.41 Å². The molecule has 0 aliphatic heterocycles. The van der Waals surface area contributed by atoms with E-state index in [0.717, 1.165) is 6.26 Å². The van der Waals surface area contributed by atoms with Crippen molar-refractivity contribution in [3.63, 3.8) is 0 Å². The first-order valence-electron chi connectivity index (χ1n) is 5.92. The van der Waals surface area contributed by atoms with E-state index in [4.69, 9.17) is 16.3 Å². The molecule has 7 heteroatoms. The van der Waals surface area contributed by atoms with E-state index in [1.165, 1.54) is 7.11 Å². The van der Waals surface area contributed by atoms with Gasteiger partial charge >= 0.3 is 5.97 Å². The number of rotatable bonds is 5. The van der Waals surface area contributed by atoms with E-state index < -0.39 is 32.4 Å². The summed E-state index contributed by atoms with van der Waals surface area (Å²) in [6.07, 6.45) is 1.05. The Morgan fingerprint density at radius 2 is 2.15 bits per heavy atom. The Morgan fingerprint density at radius 1 is 1.50 bits per heavy atom. The van der Waals surface area contributed by atoms with Crippen LogP contribution in [0.4, 0.5) is 0 Å². The largest absolute Gasteiger partial charge is 0.481 e. The molecule has 0 amide bonds. The molecule has 0 unspecified atom stereocenters. The third-order valence-electron chi connectivity index (χ3n) is 3.71. The van der Waals surface area contributed by atoms with Crippen LogP contribution in [0.5, 0.6) is 0 Å². The molecule has 1 aliphatic carbocycles. The van der Waals surface area contributed by atoms with Crippen molar-refractivity contribution < 1.29 is 23.1 Å². The zero-order valence-corrected chi connectivity index (χ0v) is 12.6. The number of carboxylic acids is 1. The minimum absolute atomic E-state index is 0.156. The molecule has 5 nitrogen and oxygen atoms in total. The number of methoxy groups -OCH3 is 1. The smallest absolute Gasteiger partial charge is 0.314 e. The van der Waals surface area contributed by atoms with Gasteiger partial charge in [-0.3, -0.25) is 4.79 Å². The lowest BCUT2D eigenvalue weighted by Gasteiger charge is -2.11. The summed E-state index contributed by atoms with van der Waals surface area (Å²) in [6, 6.07) is 6.62. The van der Waals surface area contributed by atoms with Crippen LogP contribution in [0.2, 0.25) is 5.02 Å². The van der Waals surface area contributed by atoms with Crippen molar-refractivity contribution in [1.29, 1.82) is 0 Å². The van der Waals surface area contributed by atoms with E-state index >= 15 is 0 Å². The van der Waals surface area contributed by atoms with Crippen LogP contribution in [0.25, 0.3) is 0 Å². The van der Waals surface area contributed by atoms with Crippen LogP contribution in [0.1, 0.15) is 11.5 Å². The summed E-state index contributed by atoms with van der Waals surface area (Å²) >= 11 is 5.90. The minimum Gasteiger partial charge on any atom is -0.481 e. The molecule has 1 aromatic carbocycles. The molecule has 3 atom stereocenters. The van der Waals surface area contributed by atoms with Gasteiger partial charge in [0.25, 0.3) is 0 Å². The van der Waals surface area contributed by atoms with Gasteiger partial charge in [0.15, 0.2) is 9.84 Å². The van der Waals surface area contributed by atoms with E-state index in [1.54, 1.807) is 24.3 Å². The zero-order valence-electron chi connectivity index (χ0n) is 11.0. The van der Waals surface area contributed by atoms with Crippen molar-refractivity contribution >= 4 is 27.4 Å². The summed E-state index contributed by atoms with van der Waals surface area (Å²) in [5.41, 5.74) is -0.833. The monoisotopic (exact) mass is 318 g/mol. The summed E-state index contributed by atoms with van der Waals surface area (Å²) in [5.74, 6) is -1.81. The maximum absolute atomic E-state index is 11.9. The predicted octanol–water partition coefficient (Wildman–Crippen LogP) is 1.57. The molecule has 20 heavy (non-hydrogen) atoms. The van der Waals surface area contributed by atoms with Gasteiger partial charge in [-0.2, -0.15) is 0 Å². The molecule has 0 heterocycles. The SMILES string of the molecule is COC[C@@]1(C(=O)O)[C@H](c2cccc(Cl)c2)[C@@H]1S(C)(=O)=O. The van der Waals surface area contributed by atoms with Crippen LogP contribution >= 0.6 is 11.6 Å². The molecule has 1 aromatic rings. The van der Waals surface area contributed by atoms with Crippen LogP contribution < -0.4 is 0 Å². The molecular formula is C13H15ClO5S. The maximum atomic E-state index is 11.9. The van der Waals surface area contributed by atoms with Crippen LogP contribution in [0, 0.1) is 5.41 Å². The highest BCUT2D eigenvalue weighted by atomic mass is 35.5. The van der Waals surface area contributed by atoms with E-state index in [0.29, 0.717) is 10.6 Å². The Balaban J connectivity index is 2.53. The van der Waals surface area contributed by atoms with E-state index in [-0.39, 0.29) is 6.61 Å². The van der Waals surface area contributed by atoms with Gasteiger partial charge in [0.2, 0.25) is 0 Å². The van der Waals surface area contributed by atoms with Gasteiger partial charge in [0.05, 0.1) is 11.9 Å². The number of ether oxygens (including phenoxy) is 1. The molecule has 0 saturated heterocycles. The predicted molar refractivity (Wildman–Crippen MR) is 74.8 cm³/mol. The average molecular weight is 319 g/mol. The molecule has 2 rings (SSSR count). The minimum atomic E-state index is -3.52. The molecule has 0 bridgehead atoms. The van der Waals surface area contributed by atoms with Crippen LogP contribution in [0.3, 0.4) is 0 Å². The van der Waals surface area contributed by atoms with Gasteiger partial charge in [-0.05, 0) is 17.7 Å². The molecular weight excluding hydrogens is 304 g/mol. The number of carboxylic acid groups (broad SMARTS) is 1. The quantitative estimate of drug-likeness (QED) is 0.891. The Morgan fingerprint density at radius 3 is 2.60 bits per heavy atom. The van der Waals surface area contributed by atoms with Gasteiger partial charge in [0.1, 0.15) is 5.41 Å². The molecule has 1 fully saturated rings. The Kier molecular flexibility index (Phi) is 3.83. The standard InChI is InChI=1S/C13H15ClO5S/c1-19-7-13(12(15)16)10(11(13)20(2,17)18)8-4-3-5-9(14)6-8/h3-6,10-11H,7H2,1-2H3,(H,15,16)/t10-,11+,13-/m1/s1. The lowest BCUT2D eigenvalue weighted by molar-refractivity contribution is -0.145. The first kappa shape index (κ1) is 15.3. The lowest BCUT2D eigenvalue weighted by atomic mass is 10.00. The lowest BCUT2D eigenvalue weighted by Crippen LogP contribution is -2.28. The van der Waals surface area contributed by atoms with E-state index in [2.05, 4.69) is 0 Å². The van der Waals surface area contributed by atoms with Crippen LogP contribution in [0.15, 0.2) is 24.3 Å². The van der Waals surface area contributed by atoms with Gasteiger partial charge in [-0.25, -0.2) is 8.42 Å². The van der Waals surface area contributed by atoms with E-state index in [1.807, 2.05) is 0 Å². The highest BCUT2D eigenvalue weighted by Crippen LogP contribution is 2.63. The number of aliphatic carboxylic acids is 1. The summed E-state index contributed by atoms with van der Waals surface area (Å²) in [6.45, 7) is -0.156. The number of carbonyl (C=O) groups is 1. The molecule has 0 radical (unpaired) electrons. The average Bonchev–Trinajstić information content (AvgIpc) is 3.00. The summed E-state index contributed by atoms with van der Waals surface area (Å²) in [5, 5.41) is 8.94. The molecule has 110 valence electrons. The number of halogens is 1.